The van der Waals surface area contributed by atoms with Crippen LogP contribution in [0, 0.1) is 0 Å². The van der Waals surface area contributed by atoms with Crippen molar-refractivity contribution in [3.05, 3.63) is 58.3 Å². The number of hydrogen-bond acceptors (Lipinski definition) is 4. The van der Waals surface area contributed by atoms with Gasteiger partial charge in [-0.2, -0.15) is 0 Å². The van der Waals surface area contributed by atoms with E-state index >= 15 is 0 Å². The molecule has 2 aromatic heterocycles. The van der Waals surface area contributed by atoms with Crippen molar-refractivity contribution in [2.45, 2.75) is 24.9 Å². The molecule has 1 aliphatic rings. The SMILES string of the molecule is Cn1ccc2c([C@H](N)c3cn(C4CC4)nn3)cccc2c1=O. The van der Waals surface area contributed by atoms with Gasteiger partial charge in [0, 0.05) is 18.6 Å². The summed E-state index contributed by atoms with van der Waals surface area (Å²) in [5.41, 5.74) is 8.00. The van der Waals surface area contributed by atoms with Crippen LogP contribution in [-0.2, 0) is 7.05 Å². The van der Waals surface area contributed by atoms with Gasteiger partial charge in [0.1, 0.15) is 5.69 Å². The van der Waals surface area contributed by atoms with E-state index in [9.17, 15) is 4.79 Å². The van der Waals surface area contributed by atoms with E-state index in [1.54, 1.807) is 17.8 Å². The predicted molar refractivity (Wildman–Crippen MR) is 83.5 cm³/mol. The summed E-state index contributed by atoms with van der Waals surface area (Å²) in [4.78, 5) is 12.2. The maximum Gasteiger partial charge on any atom is 0.258 e. The Morgan fingerprint density at radius 2 is 2.09 bits per heavy atom. The van der Waals surface area contributed by atoms with Crippen molar-refractivity contribution in [3.63, 3.8) is 0 Å². The zero-order chi connectivity index (χ0) is 15.3. The van der Waals surface area contributed by atoms with Crippen LogP contribution in [0.1, 0.15) is 36.2 Å². The number of nitrogens with zero attached hydrogens (tertiary/aromatic N) is 4. The van der Waals surface area contributed by atoms with Crippen molar-refractivity contribution in [3.8, 4) is 0 Å². The van der Waals surface area contributed by atoms with E-state index in [4.69, 9.17) is 5.73 Å². The second kappa shape index (κ2) is 4.78. The van der Waals surface area contributed by atoms with E-state index in [1.807, 2.05) is 35.1 Å². The Hall–Kier alpha value is -2.47. The lowest BCUT2D eigenvalue weighted by Crippen LogP contribution is -2.18. The fraction of sp³-hybridized carbons (Fsp3) is 0.312. The summed E-state index contributed by atoms with van der Waals surface area (Å²) in [6.07, 6.45) is 5.99. The normalized spacial score (nSPS) is 16.1. The van der Waals surface area contributed by atoms with Crippen molar-refractivity contribution in [2.75, 3.05) is 0 Å². The van der Waals surface area contributed by atoms with E-state index in [1.165, 1.54) is 0 Å². The number of pyridine rings is 1. The molecule has 0 radical (unpaired) electrons. The highest BCUT2D eigenvalue weighted by Crippen LogP contribution is 2.34. The summed E-state index contributed by atoms with van der Waals surface area (Å²) in [6.45, 7) is 0. The highest BCUT2D eigenvalue weighted by molar-refractivity contribution is 5.85. The van der Waals surface area contributed by atoms with Gasteiger partial charge >= 0.3 is 0 Å². The molecule has 0 amide bonds. The molecular weight excluding hydrogens is 278 g/mol. The molecule has 0 saturated heterocycles. The molecule has 112 valence electrons. The number of aryl methyl sites for hydroxylation is 1. The van der Waals surface area contributed by atoms with Gasteiger partial charge in [0.25, 0.3) is 5.56 Å². The molecule has 1 saturated carbocycles. The molecule has 0 unspecified atom stereocenters. The second-order valence-corrected chi connectivity index (χ2v) is 5.87. The molecule has 2 heterocycles. The first kappa shape index (κ1) is 13.2. The number of rotatable bonds is 3. The van der Waals surface area contributed by atoms with Crippen molar-refractivity contribution in [1.29, 1.82) is 0 Å². The average molecular weight is 295 g/mol. The fourth-order valence-electron chi connectivity index (χ4n) is 2.78. The standard InChI is InChI=1S/C16H17N5O/c1-20-8-7-11-12(3-2-4-13(11)16(20)22)15(17)14-9-21(19-18-14)10-5-6-10/h2-4,7-10,15H,5-6,17H2,1H3/t15-/m0/s1. The Morgan fingerprint density at radius 3 is 2.86 bits per heavy atom. The van der Waals surface area contributed by atoms with E-state index in [2.05, 4.69) is 10.3 Å². The third-order valence-corrected chi connectivity index (χ3v) is 4.26. The number of benzene rings is 1. The minimum absolute atomic E-state index is 0.0202. The molecular formula is C16H17N5O. The van der Waals surface area contributed by atoms with Gasteiger partial charge in [-0.15, -0.1) is 5.10 Å². The minimum Gasteiger partial charge on any atom is -0.319 e. The summed E-state index contributed by atoms with van der Waals surface area (Å²) in [5.74, 6) is 0. The van der Waals surface area contributed by atoms with Crippen LogP contribution in [0.3, 0.4) is 0 Å². The number of fused-ring (bicyclic) bond motifs is 1. The second-order valence-electron chi connectivity index (χ2n) is 5.87. The van der Waals surface area contributed by atoms with Crippen LogP contribution in [0.5, 0.6) is 0 Å². The average Bonchev–Trinajstić information content (AvgIpc) is 3.27. The quantitative estimate of drug-likeness (QED) is 0.794. The smallest absolute Gasteiger partial charge is 0.258 e. The van der Waals surface area contributed by atoms with E-state index in [0.717, 1.165) is 29.5 Å². The monoisotopic (exact) mass is 295 g/mol. The van der Waals surface area contributed by atoms with Crippen LogP contribution in [0.15, 0.2) is 41.5 Å². The molecule has 2 N–H and O–H groups in total. The summed E-state index contributed by atoms with van der Waals surface area (Å²) in [6, 6.07) is 7.66. The molecule has 1 fully saturated rings. The van der Waals surface area contributed by atoms with E-state index in [0.29, 0.717) is 11.4 Å². The Labute approximate surface area is 127 Å². The maximum absolute atomic E-state index is 12.2. The first-order valence-electron chi connectivity index (χ1n) is 7.41. The van der Waals surface area contributed by atoms with E-state index in [-0.39, 0.29) is 11.6 Å². The summed E-state index contributed by atoms with van der Waals surface area (Å²) >= 11 is 0. The van der Waals surface area contributed by atoms with Crippen LogP contribution >= 0.6 is 0 Å². The molecule has 6 heteroatoms. The highest BCUT2D eigenvalue weighted by atomic mass is 16.1. The predicted octanol–water partition coefficient (Wildman–Crippen LogP) is 1.51. The molecule has 3 aromatic rings. The van der Waals surface area contributed by atoms with Gasteiger partial charge in [-0.05, 0) is 35.9 Å². The van der Waals surface area contributed by atoms with Gasteiger partial charge in [-0.3, -0.25) is 4.79 Å². The molecule has 0 bridgehead atoms. The number of aromatic nitrogens is 4. The molecule has 4 rings (SSSR count). The Morgan fingerprint density at radius 1 is 1.27 bits per heavy atom. The summed E-state index contributed by atoms with van der Waals surface area (Å²) in [5, 5.41) is 9.91. The minimum atomic E-state index is -0.386. The molecule has 22 heavy (non-hydrogen) atoms. The largest absolute Gasteiger partial charge is 0.319 e. The van der Waals surface area contributed by atoms with Crippen molar-refractivity contribution in [2.24, 2.45) is 12.8 Å². The topological polar surface area (TPSA) is 78.7 Å². The van der Waals surface area contributed by atoms with Gasteiger partial charge in [0.15, 0.2) is 0 Å². The first-order chi connectivity index (χ1) is 10.6. The van der Waals surface area contributed by atoms with Crippen LogP contribution < -0.4 is 11.3 Å². The third kappa shape index (κ3) is 2.03. The lowest BCUT2D eigenvalue weighted by molar-refractivity contribution is 0.610. The van der Waals surface area contributed by atoms with Crippen LogP contribution in [-0.4, -0.2) is 19.6 Å². The van der Waals surface area contributed by atoms with Gasteiger partial charge < -0.3 is 10.3 Å². The van der Waals surface area contributed by atoms with Gasteiger partial charge in [-0.25, -0.2) is 4.68 Å². The van der Waals surface area contributed by atoms with Crippen molar-refractivity contribution >= 4 is 10.8 Å². The lowest BCUT2D eigenvalue weighted by atomic mass is 9.98. The van der Waals surface area contributed by atoms with Crippen LogP contribution in [0.2, 0.25) is 0 Å². The number of hydrogen-bond donors (Lipinski definition) is 1. The third-order valence-electron chi connectivity index (χ3n) is 4.26. The molecule has 1 aliphatic carbocycles. The molecule has 0 aliphatic heterocycles. The molecule has 0 spiro atoms. The Kier molecular flexibility index (Phi) is 2.87. The number of nitrogens with two attached hydrogens (primary N) is 1. The highest BCUT2D eigenvalue weighted by Gasteiger charge is 2.26. The zero-order valence-electron chi connectivity index (χ0n) is 12.3. The van der Waals surface area contributed by atoms with Crippen LogP contribution in [0.25, 0.3) is 10.8 Å². The fourth-order valence-corrected chi connectivity index (χ4v) is 2.78. The van der Waals surface area contributed by atoms with Crippen molar-refractivity contribution < 1.29 is 0 Å². The molecule has 6 nitrogen and oxygen atoms in total. The van der Waals surface area contributed by atoms with Gasteiger partial charge in [0.05, 0.1) is 18.3 Å². The lowest BCUT2D eigenvalue weighted by Gasteiger charge is -2.12. The van der Waals surface area contributed by atoms with Gasteiger partial charge in [-0.1, -0.05) is 17.3 Å². The maximum atomic E-state index is 12.2. The van der Waals surface area contributed by atoms with Crippen molar-refractivity contribution in [1.82, 2.24) is 19.6 Å². The van der Waals surface area contributed by atoms with Gasteiger partial charge in [0.2, 0.25) is 0 Å². The van der Waals surface area contributed by atoms with Crippen LogP contribution in [0.4, 0.5) is 0 Å². The zero-order valence-corrected chi connectivity index (χ0v) is 12.3. The molecule has 1 aromatic carbocycles. The molecule has 1 atom stereocenters. The Bertz CT molecular complexity index is 906. The Balaban J connectivity index is 1.82. The summed E-state index contributed by atoms with van der Waals surface area (Å²) in [7, 11) is 1.75. The summed E-state index contributed by atoms with van der Waals surface area (Å²) < 4.78 is 3.46. The first-order valence-corrected chi connectivity index (χ1v) is 7.41. The van der Waals surface area contributed by atoms with E-state index < -0.39 is 0 Å².